The molecule has 0 radical (unpaired) electrons. The van der Waals surface area contributed by atoms with Gasteiger partial charge in [-0.2, -0.15) is 13.2 Å². The first kappa shape index (κ1) is 17.4. The lowest BCUT2D eigenvalue weighted by atomic mass is 10.0. The van der Waals surface area contributed by atoms with E-state index in [-0.39, 0.29) is 5.69 Å². The van der Waals surface area contributed by atoms with Crippen LogP contribution in [0.3, 0.4) is 0 Å². The first-order valence-electron chi connectivity index (χ1n) is 5.73. The van der Waals surface area contributed by atoms with Crippen LogP contribution in [0, 0.1) is 5.82 Å². The van der Waals surface area contributed by atoms with Crippen molar-refractivity contribution in [2.75, 3.05) is 17.6 Å². The Morgan fingerprint density at radius 3 is 2.52 bits per heavy atom. The van der Waals surface area contributed by atoms with Crippen molar-refractivity contribution in [3.63, 3.8) is 0 Å². The second-order valence-corrected chi connectivity index (χ2v) is 5.38. The number of rotatable bonds is 5. The lowest BCUT2D eigenvalue weighted by molar-refractivity contribution is -0.142. The summed E-state index contributed by atoms with van der Waals surface area (Å²) in [5.41, 5.74) is -0.0371. The molecule has 0 amide bonds. The van der Waals surface area contributed by atoms with Crippen molar-refractivity contribution < 1.29 is 31.3 Å². The van der Waals surface area contributed by atoms with Crippen molar-refractivity contribution in [2.24, 2.45) is 0 Å². The highest BCUT2D eigenvalue weighted by Gasteiger charge is 2.31. The molecule has 2 unspecified atom stereocenters. The molecular formula is C12H13F4NO3S. The van der Waals surface area contributed by atoms with E-state index in [1.807, 2.05) is 4.72 Å². The summed E-state index contributed by atoms with van der Waals surface area (Å²) in [5, 5.41) is 0. The van der Waals surface area contributed by atoms with Gasteiger partial charge in [0.15, 0.2) is 0 Å². The Bertz CT molecular complexity index is 548. The minimum absolute atomic E-state index is 0.298. The Morgan fingerprint density at radius 1 is 1.43 bits per heavy atom. The topological polar surface area (TPSA) is 55.4 Å². The van der Waals surface area contributed by atoms with Crippen LogP contribution >= 0.6 is 0 Å². The molecule has 0 fully saturated rings. The standard InChI is InChI=1S/C12H13F4NO3S/c1-7(11(18)20-2)8-3-4-10(9(13)5-8)17-21(19)6-12(14,15)16/h3-5,7,17H,6H2,1-2H3. The van der Waals surface area contributed by atoms with Gasteiger partial charge >= 0.3 is 12.1 Å². The lowest BCUT2D eigenvalue weighted by Crippen LogP contribution is -2.23. The van der Waals surface area contributed by atoms with E-state index in [1.165, 1.54) is 20.1 Å². The minimum Gasteiger partial charge on any atom is -0.469 e. The van der Waals surface area contributed by atoms with Crippen LogP contribution in [0.1, 0.15) is 18.4 Å². The largest absolute Gasteiger partial charge is 0.469 e. The first-order valence-corrected chi connectivity index (χ1v) is 7.05. The predicted octanol–water partition coefficient (Wildman–Crippen LogP) is 2.74. The number of methoxy groups -OCH3 is 1. The summed E-state index contributed by atoms with van der Waals surface area (Å²) in [4.78, 5) is 11.3. The Kier molecular flexibility index (Phi) is 5.70. The van der Waals surface area contributed by atoms with E-state index >= 15 is 0 Å². The molecule has 0 spiro atoms. The monoisotopic (exact) mass is 327 g/mol. The fraction of sp³-hybridized carbons (Fsp3) is 0.417. The van der Waals surface area contributed by atoms with Crippen LogP contribution in [0.5, 0.6) is 0 Å². The van der Waals surface area contributed by atoms with Gasteiger partial charge in [0.05, 0.1) is 18.7 Å². The van der Waals surface area contributed by atoms with Crippen LogP contribution in [-0.4, -0.2) is 29.2 Å². The van der Waals surface area contributed by atoms with Gasteiger partial charge in [0.2, 0.25) is 0 Å². The molecule has 2 atom stereocenters. The number of carbonyl (C=O) groups is 1. The maximum absolute atomic E-state index is 13.7. The van der Waals surface area contributed by atoms with E-state index in [0.29, 0.717) is 5.56 Å². The van der Waals surface area contributed by atoms with Gasteiger partial charge in [-0.3, -0.25) is 4.79 Å². The van der Waals surface area contributed by atoms with E-state index in [1.54, 1.807) is 0 Å². The summed E-state index contributed by atoms with van der Waals surface area (Å²) in [5.74, 6) is -3.79. The van der Waals surface area contributed by atoms with Crippen LogP contribution < -0.4 is 4.72 Å². The number of carbonyl (C=O) groups excluding carboxylic acids is 1. The van der Waals surface area contributed by atoms with Gasteiger partial charge in [0, 0.05) is 0 Å². The van der Waals surface area contributed by atoms with Crippen LogP contribution in [-0.2, 0) is 20.5 Å². The summed E-state index contributed by atoms with van der Waals surface area (Å²) >= 11 is 0. The number of hydrogen-bond donors (Lipinski definition) is 1. The summed E-state index contributed by atoms with van der Waals surface area (Å²) in [6, 6.07) is 3.45. The average Bonchev–Trinajstić information content (AvgIpc) is 2.37. The lowest BCUT2D eigenvalue weighted by Gasteiger charge is -2.12. The molecule has 0 aliphatic heterocycles. The Hall–Kier alpha value is -1.64. The molecule has 0 bridgehead atoms. The molecule has 1 rings (SSSR count). The number of esters is 1. The number of halogens is 4. The average molecular weight is 327 g/mol. The third-order valence-electron chi connectivity index (χ3n) is 2.57. The minimum atomic E-state index is -4.62. The molecule has 0 aliphatic rings. The SMILES string of the molecule is COC(=O)C(C)c1ccc(NS(=O)CC(F)(F)F)c(F)c1. The molecule has 4 nitrogen and oxygen atoms in total. The molecule has 1 aromatic rings. The summed E-state index contributed by atoms with van der Waals surface area (Å²) < 4.78 is 67.5. The van der Waals surface area contributed by atoms with Crippen LogP contribution in [0.25, 0.3) is 0 Å². The molecule has 0 aliphatic carbocycles. The van der Waals surface area contributed by atoms with Crippen LogP contribution in [0.15, 0.2) is 18.2 Å². The number of anilines is 1. The third kappa shape index (κ3) is 5.33. The first-order chi connectivity index (χ1) is 9.64. The van der Waals surface area contributed by atoms with Crippen molar-refractivity contribution in [1.29, 1.82) is 0 Å². The van der Waals surface area contributed by atoms with Crippen molar-refractivity contribution in [3.8, 4) is 0 Å². The second-order valence-electron chi connectivity index (χ2n) is 4.19. The highest BCUT2D eigenvalue weighted by atomic mass is 32.2. The third-order valence-corrected chi connectivity index (χ3v) is 3.60. The smallest absolute Gasteiger partial charge is 0.402 e. The van der Waals surface area contributed by atoms with E-state index in [9.17, 15) is 26.6 Å². The van der Waals surface area contributed by atoms with Crippen molar-refractivity contribution in [3.05, 3.63) is 29.6 Å². The molecule has 0 aromatic heterocycles. The number of benzene rings is 1. The molecule has 21 heavy (non-hydrogen) atoms. The normalized spacial score (nSPS) is 14.4. The van der Waals surface area contributed by atoms with E-state index in [2.05, 4.69) is 4.74 Å². The van der Waals surface area contributed by atoms with Gasteiger partial charge in [-0.1, -0.05) is 6.07 Å². The molecular weight excluding hydrogens is 314 g/mol. The molecule has 9 heteroatoms. The van der Waals surface area contributed by atoms with Gasteiger partial charge in [-0.15, -0.1) is 0 Å². The Morgan fingerprint density at radius 2 is 2.05 bits per heavy atom. The van der Waals surface area contributed by atoms with Gasteiger partial charge in [-0.25, -0.2) is 8.60 Å². The molecule has 0 saturated heterocycles. The van der Waals surface area contributed by atoms with Gasteiger partial charge in [-0.05, 0) is 24.6 Å². The molecule has 118 valence electrons. The second kappa shape index (κ2) is 6.88. The zero-order valence-electron chi connectivity index (χ0n) is 11.2. The molecule has 1 N–H and O–H groups in total. The van der Waals surface area contributed by atoms with E-state index < -0.39 is 40.6 Å². The van der Waals surface area contributed by atoms with Gasteiger partial charge < -0.3 is 9.46 Å². The zero-order valence-corrected chi connectivity index (χ0v) is 12.0. The van der Waals surface area contributed by atoms with Crippen molar-refractivity contribution in [1.82, 2.24) is 0 Å². The summed E-state index contributed by atoms with van der Waals surface area (Å²) in [6.07, 6.45) is -4.62. The van der Waals surface area contributed by atoms with Gasteiger partial charge in [0.25, 0.3) is 0 Å². The maximum Gasteiger partial charge on any atom is 0.402 e. The summed E-state index contributed by atoms with van der Waals surface area (Å²) in [6.45, 7) is 1.50. The predicted molar refractivity (Wildman–Crippen MR) is 69.5 cm³/mol. The fourth-order valence-electron chi connectivity index (χ4n) is 1.50. The maximum atomic E-state index is 13.7. The number of alkyl halides is 3. The highest BCUT2D eigenvalue weighted by molar-refractivity contribution is 7.86. The number of nitrogens with one attached hydrogen (secondary N) is 1. The quantitative estimate of drug-likeness (QED) is 0.668. The summed E-state index contributed by atoms with van der Waals surface area (Å²) in [7, 11) is -1.30. The molecule has 0 heterocycles. The van der Waals surface area contributed by atoms with E-state index in [0.717, 1.165) is 12.1 Å². The molecule has 0 saturated carbocycles. The van der Waals surface area contributed by atoms with Crippen LogP contribution in [0.4, 0.5) is 23.2 Å². The van der Waals surface area contributed by atoms with Crippen molar-refractivity contribution in [2.45, 2.75) is 19.0 Å². The van der Waals surface area contributed by atoms with Crippen LogP contribution in [0.2, 0.25) is 0 Å². The van der Waals surface area contributed by atoms with E-state index in [4.69, 9.17) is 0 Å². The fourth-order valence-corrected chi connectivity index (χ4v) is 2.28. The highest BCUT2D eigenvalue weighted by Crippen LogP contribution is 2.24. The number of hydrogen-bond acceptors (Lipinski definition) is 3. The Balaban J connectivity index is 2.84. The van der Waals surface area contributed by atoms with Crippen molar-refractivity contribution >= 4 is 22.6 Å². The number of ether oxygens (including phenoxy) is 1. The van der Waals surface area contributed by atoms with Gasteiger partial charge in [0.1, 0.15) is 22.6 Å². The molecule has 1 aromatic carbocycles. The Labute approximate surface area is 121 Å². The zero-order chi connectivity index (χ0) is 16.2.